The maximum atomic E-state index is 13.7. The van der Waals surface area contributed by atoms with Gasteiger partial charge in [0, 0.05) is 10.6 Å². The van der Waals surface area contributed by atoms with E-state index in [1.807, 2.05) is 36.3 Å². The number of alkyl halides is 3. The fourth-order valence-corrected chi connectivity index (χ4v) is 4.55. The Labute approximate surface area is 221 Å². The number of rotatable bonds is 8. The maximum absolute atomic E-state index is 13.7. The Morgan fingerprint density at radius 2 is 1.71 bits per heavy atom. The minimum absolute atomic E-state index is 0.162. The van der Waals surface area contributed by atoms with Crippen molar-refractivity contribution < 1.29 is 27.5 Å². The van der Waals surface area contributed by atoms with Crippen molar-refractivity contribution >= 4 is 34.5 Å². The fourth-order valence-electron chi connectivity index (χ4n) is 3.74. The van der Waals surface area contributed by atoms with E-state index in [9.17, 15) is 22.8 Å². The second kappa shape index (κ2) is 11.7. The summed E-state index contributed by atoms with van der Waals surface area (Å²) < 4.78 is 46.2. The van der Waals surface area contributed by atoms with Crippen LogP contribution >= 0.6 is 11.3 Å². The SMILES string of the molecule is C#CC(=O)N(c1cccc(C(F)(F)F)c1)C(C(=O)Nc1ccccc1OCc1ccccc1)c1cccs1. The molecule has 0 fully saturated rings. The first-order valence-electron chi connectivity index (χ1n) is 11.3. The molecule has 0 aliphatic heterocycles. The molecule has 5 nitrogen and oxygen atoms in total. The number of hydrogen-bond acceptors (Lipinski definition) is 4. The Kier molecular flexibility index (Phi) is 8.14. The predicted molar refractivity (Wildman–Crippen MR) is 141 cm³/mol. The van der Waals surface area contributed by atoms with E-state index in [1.54, 1.807) is 41.8 Å². The smallest absolute Gasteiger partial charge is 0.416 e. The van der Waals surface area contributed by atoms with Gasteiger partial charge in [0.15, 0.2) is 6.04 Å². The largest absolute Gasteiger partial charge is 0.487 e. The van der Waals surface area contributed by atoms with Crippen LogP contribution in [0.4, 0.5) is 24.5 Å². The molecule has 2 amide bonds. The summed E-state index contributed by atoms with van der Waals surface area (Å²) in [6, 6.07) is 22.2. The summed E-state index contributed by atoms with van der Waals surface area (Å²) >= 11 is 1.17. The van der Waals surface area contributed by atoms with Crippen LogP contribution in [0.3, 0.4) is 0 Å². The van der Waals surface area contributed by atoms with E-state index in [1.165, 1.54) is 17.4 Å². The van der Waals surface area contributed by atoms with Gasteiger partial charge in [-0.25, -0.2) is 0 Å². The van der Waals surface area contributed by atoms with Crippen molar-refractivity contribution in [2.75, 3.05) is 10.2 Å². The standard InChI is InChI=1S/C29H21F3N2O3S/c1-2-26(35)34(22-13-8-12-21(18-22)29(30,31)32)27(25-16-9-17-38-25)28(36)33-23-14-6-7-15-24(23)37-19-20-10-4-3-5-11-20/h1,3-18,27H,19H2,(H,33,36). The van der Waals surface area contributed by atoms with Gasteiger partial charge in [0.1, 0.15) is 12.4 Å². The number of anilines is 2. The quantitative estimate of drug-likeness (QED) is 0.256. The van der Waals surface area contributed by atoms with Gasteiger partial charge in [-0.3, -0.25) is 14.5 Å². The first-order valence-corrected chi connectivity index (χ1v) is 12.2. The number of para-hydroxylation sites is 2. The molecule has 4 aromatic rings. The van der Waals surface area contributed by atoms with E-state index in [0.717, 1.165) is 28.7 Å². The van der Waals surface area contributed by atoms with Crippen LogP contribution in [0.5, 0.6) is 5.75 Å². The second-order valence-electron chi connectivity index (χ2n) is 8.05. The van der Waals surface area contributed by atoms with Gasteiger partial charge in [0.2, 0.25) is 0 Å². The normalized spacial score (nSPS) is 11.7. The number of nitrogens with one attached hydrogen (secondary N) is 1. The molecule has 0 saturated heterocycles. The maximum Gasteiger partial charge on any atom is 0.416 e. The lowest BCUT2D eigenvalue weighted by molar-refractivity contribution is -0.137. The van der Waals surface area contributed by atoms with E-state index >= 15 is 0 Å². The minimum atomic E-state index is -4.66. The highest BCUT2D eigenvalue weighted by Gasteiger charge is 2.36. The molecule has 0 aliphatic rings. The summed E-state index contributed by atoms with van der Waals surface area (Å²) in [4.78, 5) is 27.9. The van der Waals surface area contributed by atoms with Crippen molar-refractivity contribution in [1.82, 2.24) is 0 Å². The Bertz CT molecular complexity index is 1450. The van der Waals surface area contributed by atoms with Crippen molar-refractivity contribution in [1.29, 1.82) is 0 Å². The summed E-state index contributed by atoms with van der Waals surface area (Å²) in [6.45, 7) is 0.244. The van der Waals surface area contributed by atoms with Crippen LogP contribution in [0.15, 0.2) is 96.4 Å². The van der Waals surface area contributed by atoms with Crippen LogP contribution in [0.2, 0.25) is 0 Å². The van der Waals surface area contributed by atoms with Crippen molar-refractivity contribution in [2.45, 2.75) is 18.8 Å². The number of thiophene rings is 1. The van der Waals surface area contributed by atoms with Crippen molar-refractivity contribution in [3.63, 3.8) is 0 Å². The summed E-state index contributed by atoms with van der Waals surface area (Å²) in [7, 11) is 0. The van der Waals surface area contributed by atoms with Gasteiger partial charge >= 0.3 is 12.1 Å². The van der Waals surface area contributed by atoms with Gasteiger partial charge in [-0.2, -0.15) is 13.2 Å². The number of carbonyl (C=O) groups excluding carboxylic acids is 2. The molecule has 9 heteroatoms. The van der Waals surface area contributed by atoms with Crippen LogP contribution in [0.1, 0.15) is 22.0 Å². The van der Waals surface area contributed by atoms with Crippen LogP contribution in [-0.4, -0.2) is 11.8 Å². The average molecular weight is 535 g/mol. The number of ether oxygens (including phenoxy) is 1. The van der Waals surface area contributed by atoms with Gasteiger partial charge in [0.05, 0.1) is 11.3 Å². The number of hydrogen-bond donors (Lipinski definition) is 1. The highest BCUT2D eigenvalue weighted by molar-refractivity contribution is 7.10. The Balaban J connectivity index is 1.69. The third-order valence-corrected chi connectivity index (χ3v) is 6.42. The first kappa shape index (κ1) is 26.5. The molecule has 3 aromatic carbocycles. The first-order chi connectivity index (χ1) is 18.3. The molecular formula is C29H21F3N2O3S. The number of nitrogens with zero attached hydrogens (tertiary/aromatic N) is 1. The number of amides is 2. The van der Waals surface area contributed by atoms with Gasteiger partial charge in [-0.05, 0) is 53.3 Å². The third-order valence-electron chi connectivity index (χ3n) is 5.50. The summed E-state index contributed by atoms with van der Waals surface area (Å²) in [5.74, 6) is 0.674. The molecule has 4 rings (SSSR count). The van der Waals surface area contributed by atoms with Gasteiger partial charge in [0.25, 0.3) is 5.91 Å². The summed E-state index contributed by atoms with van der Waals surface area (Å²) in [6.07, 6.45) is 0.729. The highest BCUT2D eigenvalue weighted by Crippen LogP contribution is 2.36. The number of terminal acetylenes is 1. The zero-order valence-corrected chi connectivity index (χ0v) is 20.6. The zero-order valence-electron chi connectivity index (χ0n) is 19.8. The van der Waals surface area contributed by atoms with E-state index in [2.05, 4.69) is 5.32 Å². The molecule has 1 N–H and O–H groups in total. The predicted octanol–water partition coefficient (Wildman–Crippen LogP) is 6.69. The van der Waals surface area contributed by atoms with E-state index < -0.39 is 29.6 Å². The third kappa shape index (κ3) is 6.22. The monoisotopic (exact) mass is 534 g/mol. The number of carbonyl (C=O) groups is 2. The van der Waals surface area contributed by atoms with Gasteiger partial charge < -0.3 is 10.1 Å². The number of benzene rings is 3. The molecule has 0 bridgehead atoms. The average Bonchev–Trinajstić information content (AvgIpc) is 3.45. The van der Waals surface area contributed by atoms with Crippen molar-refractivity contribution in [2.24, 2.45) is 0 Å². The molecule has 0 spiro atoms. The lowest BCUT2D eigenvalue weighted by Gasteiger charge is -2.29. The lowest BCUT2D eigenvalue weighted by atomic mass is 10.1. The molecule has 192 valence electrons. The topological polar surface area (TPSA) is 58.6 Å². The molecule has 0 saturated carbocycles. The summed E-state index contributed by atoms with van der Waals surface area (Å²) in [5.41, 5.74) is 0.104. The molecule has 1 aromatic heterocycles. The molecule has 0 radical (unpaired) electrons. The van der Waals surface area contributed by atoms with Crippen LogP contribution in [0, 0.1) is 12.3 Å². The van der Waals surface area contributed by atoms with Crippen molar-refractivity contribution in [3.8, 4) is 18.1 Å². The molecule has 38 heavy (non-hydrogen) atoms. The van der Waals surface area contributed by atoms with Crippen LogP contribution < -0.4 is 15.0 Å². The van der Waals surface area contributed by atoms with Crippen LogP contribution in [0.25, 0.3) is 0 Å². The van der Waals surface area contributed by atoms with Gasteiger partial charge in [-0.15, -0.1) is 17.8 Å². The molecule has 1 heterocycles. The number of halogens is 3. The molecule has 1 atom stereocenters. The van der Waals surface area contributed by atoms with Gasteiger partial charge in [-0.1, -0.05) is 54.6 Å². The minimum Gasteiger partial charge on any atom is -0.487 e. The Morgan fingerprint density at radius 1 is 0.974 bits per heavy atom. The van der Waals surface area contributed by atoms with Crippen LogP contribution in [-0.2, 0) is 22.4 Å². The highest BCUT2D eigenvalue weighted by atomic mass is 32.1. The van der Waals surface area contributed by atoms with E-state index in [0.29, 0.717) is 16.3 Å². The fraction of sp³-hybridized carbons (Fsp3) is 0.103. The Morgan fingerprint density at radius 3 is 2.39 bits per heavy atom. The molecular weight excluding hydrogens is 513 g/mol. The molecule has 1 unspecified atom stereocenters. The van der Waals surface area contributed by atoms with E-state index in [4.69, 9.17) is 11.2 Å². The second-order valence-corrected chi connectivity index (χ2v) is 9.02. The summed E-state index contributed by atoms with van der Waals surface area (Å²) in [5, 5.41) is 4.46. The lowest BCUT2D eigenvalue weighted by Crippen LogP contribution is -2.40. The Hall–Kier alpha value is -4.55. The van der Waals surface area contributed by atoms with E-state index in [-0.39, 0.29) is 12.3 Å². The molecule has 0 aliphatic carbocycles. The van der Waals surface area contributed by atoms with Crippen molar-refractivity contribution in [3.05, 3.63) is 112 Å². The zero-order chi connectivity index (χ0) is 27.1.